The summed E-state index contributed by atoms with van der Waals surface area (Å²) in [7, 11) is -2.00. The van der Waals surface area contributed by atoms with Crippen LogP contribution in [0.15, 0.2) is 30.6 Å². The fourth-order valence-corrected chi connectivity index (χ4v) is 4.08. The van der Waals surface area contributed by atoms with Gasteiger partial charge in [-0.15, -0.1) is 0 Å². The molecule has 0 spiro atoms. The number of benzene rings is 1. The third-order valence-corrected chi connectivity index (χ3v) is 5.97. The molecule has 122 valence electrons. The lowest BCUT2D eigenvalue weighted by molar-refractivity contribution is 0.601. The summed E-state index contributed by atoms with van der Waals surface area (Å²) in [6.45, 7) is 0. The Kier molecular flexibility index (Phi) is 3.25. The van der Waals surface area contributed by atoms with Crippen LogP contribution < -0.4 is 9.03 Å². The second-order valence-electron chi connectivity index (χ2n) is 6.28. The number of anilines is 2. The first-order chi connectivity index (χ1) is 11.5. The maximum Gasteiger partial charge on any atom is 0.323 e. The highest BCUT2D eigenvalue weighted by Gasteiger charge is 2.34. The van der Waals surface area contributed by atoms with Crippen LogP contribution in [0.5, 0.6) is 0 Å². The van der Waals surface area contributed by atoms with Crippen LogP contribution in [0.1, 0.15) is 24.0 Å². The van der Waals surface area contributed by atoms with Crippen molar-refractivity contribution in [3.05, 3.63) is 41.7 Å². The third-order valence-electron chi connectivity index (χ3n) is 4.59. The van der Waals surface area contributed by atoms with Crippen molar-refractivity contribution in [2.24, 2.45) is 5.92 Å². The van der Waals surface area contributed by atoms with E-state index in [4.69, 9.17) is 0 Å². The van der Waals surface area contributed by atoms with Crippen molar-refractivity contribution in [1.82, 2.24) is 4.98 Å². The molecule has 1 N–H and O–H groups in total. The Hall–Kier alpha value is -2.59. The molecule has 24 heavy (non-hydrogen) atoms. The fourth-order valence-electron chi connectivity index (χ4n) is 3.05. The van der Waals surface area contributed by atoms with Gasteiger partial charge in [-0.3, -0.25) is 14.0 Å². The first-order valence-corrected chi connectivity index (χ1v) is 9.21. The molecule has 1 aliphatic heterocycles. The van der Waals surface area contributed by atoms with Gasteiger partial charge in [-0.05, 0) is 54.5 Å². The standard InChI is InChI=1S/C17H16N4O2S/c1-21-16-8-13(15-10-19-5-4-12(15)9-18)7-14(6-11-2-3-11)17(16)20-24(21,22)23/h4-5,7-8,10-11,20H,2-3,6H2,1H3. The lowest BCUT2D eigenvalue weighted by Gasteiger charge is -2.13. The summed E-state index contributed by atoms with van der Waals surface area (Å²) < 4.78 is 28.3. The summed E-state index contributed by atoms with van der Waals surface area (Å²) in [6.07, 6.45) is 6.43. The number of hydrogen-bond donors (Lipinski definition) is 1. The molecular weight excluding hydrogens is 324 g/mol. The van der Waals surface area contributed by atoms with Crippen LogP contribution in [0, 0.1) is 17.2 Å². The number of nitrogens with one attached hydrogen (secondary N) is 1. The van der Waals surface area contributed by atoms with Crippen molar-refractivity contribution in [2.75, 3.05) is 16.1 Å². The molecule has 0 saturated heterocycles. The van der Waals surface area contributed by atoms with Gasteiger partial charge in [0.1, 0.15) is 0 Å². The molecule has 1 fully saturated rings. The number of nitriles is 1. The zero-order chi connectivity index (χ0) is 16.9. The average Bonchev–Trinajstić information content (AvgIpc) is 3.35. The molecule has 2 aliphatic rings. The number of nitrogens with zero attached hydrogens (tertiary/aromatic N) is 3. The third kappa shape index (κ3) is 2.39. The molecule has 0 amide bonds. The van der Waals surface area contributed by atoms with Crippen LogP contribution in [-0.2, 0) is 16.6 Å². The number of hydrogen-bond acceptors (Lipinski definition) is 4. The molecule has 2 aromatic rings. The Morgan fingerprint density at radius 2 is 2.21 bits per heavy atom. The van der Waals surface area contributed by atoms with Crippen LogP contribution in [0.3, 0.4) is 0 Å². The van der Waals surface area contributed by atoms with Gasteiger partial charge in [-0.25, -0.2) is 0 Å². The van der Waals surface area contributed by atoms with E-state index in [1.807, 2.05) is 6.07 Å². The molecule has 1 aliphatic carbocycles. The van der Waals surface area contributed by atoms with Gasteiger partial charge in [-0.2, -0.15) is 13.7 Å². The summed E-state index contributed by atoms with van der Waals surface area (Å²) in [5.74, 6) is 0.615. The Balaban J connectivity index is 1.91. The van der Waals surface area contributed by atoms with Crippen molar-refractivity contribution in [1.29, 1.82) is 5.26 Å². The van der Waals surface area contributed by atoms with Crippen molar-refractivity contribution < 1.29 is 8.42 Å². The zero-order valence-corrected chi connectivity index (χ0v) is 14.0. The van der Waals surface area contributed by atoms with Crippen LogP contribution >= 0.6 is 0 Å². The Morgan fingerprint density at radius 3 is 2.92 bits per heavy atom. The lowest BCUT2D eigenvalue weighted by Crippen LogP contribution is -2.25. The summed E-state index contributed by atoms with van der Waals surface area (Å²) >= 11 is 0. The van der Waals surface area contributed by atoms with Gasteiger partial charge < -0.3 is 0 Å². The first kappa shape index (κ1) is 15.0. The maximum absolute atomic E-state index is 12.2. The van der Waals surface area contributed by atoms with Gasteiger partial charge in [0, 0.05) is 25.0 Å². The highest BCUT2D eigenvalue weighted by Crippen LogP contribution is 2.44. The summed E-state index contributed by atoms with van der Waals surface area (Å²) in [4.78, 5) is 4.12. The fraction of sp³-hybridized carbons (Fsp3) is 0.294. The van der Waals surface area contributed by atoms with Gasteiger partial charge in [0.15, 0.2) is 0 Å². The van der Waals surface area contributed by atoms with E-state index >= 15 is 0 Å². The smallest absolute Gasteiger partial charge is 0.264 e. The maximum atomic E-state index is 12.2. The number of rotatable bonds is 3. The van der Waals surface area contributed by atoms with E-state index in [1.54, 1.807) is 24.5 Å². The molecule has 0 atom stereocenters. The van der Waals surface area contributed by atoms with E-state index in [1.165, 1.54) is 24.2 Å². The molecule has 6 nitrogen and oxygen atoms in total. The van der Waals surface area contributed by atoms with Gasteiger partial charge in [0.05, 0.1) is 23.0 Å². The number of pyridine rings is 1. The van der Waals surface area contributed by atoms with E-state index < -0.39 is 10.2 Å². The second-order valence-corrected chi connectivity index (χ2v) is 7.99. The largest absolute Gasteiger partial charge is 0.323 e. The molecule has 0 radical (unpaired) electrons. The molecule has 4 rings (SSSR count). The highest BCUT2D eigenvalue weighted by atomic mass is 32.2. The van der Waals surface area contributed by atoms with Crippen LogP contribution in [0.2, 0.25) is 0 Å². The highest BCUT2D eigenvalue weighted by molar-refractivity contribution is 7.94. The Bertz CT molecular complexity index is 975. The minimum absolute atomic E-state index is 0.527. The van der Waals surface area contributed by atoms with E-state index in [9.17, 15) is 13.7 Å². The number of aromatic nitrogens is 1. The molecule has 2 heterocycles. The second kappa shape index (κ2) is 5.21. The first-order valence-electron chi connectivity index (χ1n) is 7.77. The zero-order valence-electron chi connectivity index (χ0n) is 13.2. The molecule has 1 aromatic heterocycles. The Morgan fingerprint density at radius 1 is 1.42 bits per heavy atom. The van der Waals surface area contributed by atoms with E-state index in [-0.39, 0.29) is 0 Å². The number of fused-ring (bicyclic) bond motifs is 1. The molecule has 1 saturated carbocycles. The van der Waals surface area contributed by atoms with Gasteiger partial charge in [0.25, 0.3) is 0 Å². The molecule has 7 heteroatoms. The Labute approximate surface area is 140 Å². The van der Waals surface area contributed by atoms with Gasteiger partial charge in [-0.1, -0.05) is 0 Å². The van der Waals surface area contributed by atoms with Crippen LogP contribution in [0.25, 0.3) is 11.1 Å². The van der Waals surface area contributed by atoms with E-state index in [2.05, 4.69) is 15.8 Å². The van der Waals surface area contributed by atoms with Crippen molar-refractivity contribution in [3.63, 3.8) is 0 Å². The van der Waals surface area contributed by atoms with Crippen molar-refractivity contribution >= 4 is 21.6 Å². The molecule has 0 bridgehead atoms. The van der Waals surface area contributed by atoms with Crippen molar-refractivity contribution in [2.45, 2.75) is 19.3 Å². The SMILES string of the molecule is CN1c2cc(-c3cnccc3C#N)cc(CC3CC3)c2NS1(=O)=O. The van der Waals surface area contributed by atoms with E-state index in [0.717, 1.165) is 23.1 Å². The molecule has 1 aromatic carbocycles. The predicted octanol–water partition coefficient (Wildman–Crippen LogP) is 2.68. The summed E-state index contributed by atoms with van der Waals surface area (Å²) in [5.41, 5.74) is 4.33. The average molecular weight is 340 g/mol. The summed E-state index contributed by atoms with van der Waals surface area (Å²) in [6, 6.07) is 7.63. The molecule has 0 unspecified atom stereocenters. The normalized spacial score (nSPS) is 17.9. The van der Waals surface area contributed by atoms with Crippen LogP contribution in [0.4, 0.5) is 11.4 Å². The minimum atomic E-state index is -3.53. The quantitative estimate of drug-likeness (QED) is 0.931. The minimum Gasteiger partial charge on any atom is -0.264 e. The van der Waals surface area contributed by atoms with E-state index in [0.29, 0.717) is 22.9 Å². The predicted molar refractivity (Wildman–Crippen MR) is 91.8 cm³/mol. The van der Waals surface area contributed by atoms with Crippen LogP contribution in [-0.4, -0.2) is 20.4 Å². The van der Waals surface area contributed by atoms with Crippen molar-refractivity contribution in [3.8, 4) is 17.2 Å². The summed E-state index contributed by atoms with van der Waals surface area (Å²) in [5, 5.41) is 9.34. The topological polar surface area (TPSA) is 86.1 Å². The van der Waals surface area contributed by atoms with Gasteiger partial charge >= 0.3 is 10.2 Å². The lowest BCUT2D eigenvalue weighted by atomic mass is 9.96. The monoisotopic (exact) mass is 340 g/mol. The molecular formula is C17H16N4O2S. The van der Waals surface area contributed by atoms with Gasteiger partial charge in [0.2, 0.25) is 0 Å².